The van der Waals surface area contributed by atoms with Gasteiger partial charge in [-0.3, -0.25) is 9.59 Å². The van der Waals surface area contributed by atoms with Crippen molar-refractivity contribution in [3.8, 4) is 5.75 Å². The molecule has 1 heterocycles. The molecule has 0 fully saturated rings. The van der Waals surface area contributed by atoms with Crippen molar-refractivity contribution in [2.75, 3.05) is 7.11 Å². The van der Waals surface area contributed by atoms with Crippen LogP contribution in [0.2, 0.25) is 0 Å². The third kappa shape index (κ3) is 4.38. The Morgan fingerprint density at radius 3 is 2.72 bits per heavy atom. The van der Waals surface area contributed by atoms with Crippen LogP contribution < -0.4 is 4.74 Å². The summed E-state index contributed by atoms with van der Waals surface area (Å²) in [5.41, 5.74) is 2.31. The molecule has 1 aromatic heterocycles. The number of ether oxygens (including phenoxy) is 1. The van der Waals surface area contributed by atoms with Gasteiger partial charge in [0.05, 0.1) is 29.7 Å². The van der Waals surface area contributed by atoms with E-state index >= 15 is 0 Å². The second kappa shape index (κ2) is 8.73. The van der Waals surface area contributed by atoms with Crippen molar-refractivity contribution in [3.63, 3.8) is 0 Å². The maximum atomic E-state index is 12.8. The lowest BCUT2D eigenvalue weighted by molar-refractivity contribution is -0.115. The summed E-state index contributed by atoms with van der Waals surface area (Å²) in [4.78, 5) is 30.2. The first-order valence-electron chi connectivity index (χ1n) is 11.0. The monoisotopic (exact) mass is 436 g/mol. The van der Waals surface area contributed by atoms with Gasteiger partial charge in [-0.25, -0.2) is 4.99 Å². The molecule has 2 aliphatic rings. The number of aryl methyl sites for hydroxylation is 1. The van der Waals surface area contributed by atoms with Crippen molar-refractivity contribution in [1.82, 2.24) is 5.16 Å². The predicted octanol–water partition coefficient (Wildman–Crippen LogP) is 5.11. The van der Waals surface area contributed by atoms with E-state index in [0.29, 0.717) is 79.1 Å². The van der Waals surface area contributed by atoms with Gasteiger partial charge in [-0.15, -0.1) is 0 Å². The van der Waals surface area contributed by atoms with E-state index in [4.69, 9.17) is 14.3 Å². The Kier molecular flexibility index (Phi) is 6.00. The maximum absolute atomic E-state index is 12.8. The third-order valence-electron chi connectivity index (χ3n) is 6.00. The van der Waals surface area contributed by atoms with Gasteiger partial charge in [-0.1, -0.05) is 31.1 Å². The van der Waals surface area contributed by atoms with Crippen molar-refractivity contribution in [1.29, 1.82) is 0 Å². The average Bonchev–Trinajstić information content (AvgIpc) is 3.13. The molecule has 0 saturated carbocycles. The number of methoxy groups -OCH3 is 1. The number of para-hydroxylation sites is 2. The molecule has 0 atom stereocenters. The van der Waals surface area contributed by atoms with Gasteiger partial charge in [0.2, 0.25) is 0 Å². The predicted molar refractivity (Wildman–Crippen MR) is 120 cm³/mol. The Labute approximate surface area is 187 Å². The minimum absolute atomic E-state index is 0.0338. The van der Waals surface area contributed by atoms with Gasteiger partial charge in [-0.2, -0.15) is 0 Å². The first-order chi connectivity index (χ1) is 15.3. The minimum atomic E-state index is -0.150. The molecular weight excluding hydrogens is 408 g/mol. The molecule has 32 heavy (non-hydrogen) atoms. The quantitative estimate of drug-likeness (QED) is 0.632. The van der Waals surface area contributed by atoms with Crippen molar-refractivity contribution in [2.24, 2.45) is 10.4 Å². The Bertz CT molecular complexity index is 1120. The molecule has 7 nitrogen and oxygen atoms in total. The number of allylic oxidation sites excluding steroid dienone is 2. The van der Waals surface area contributed by atoms with E-state index in [-0.39, 0.29) is 28.3 Å². The second-order valence-corrected chi connectivity index (χ2v) is 9.20. The van der Waals surface area contributed by atoms with Crippen LogP contribution in [0, 0.1) is 5.41 Å². The van der Waals surface area contributed by atoms with Crippen molar-refractivity contribution >= 4 is 23.0 Å². The van der Waals surface area contributed by atoms with Crippen LogP contribution in [0.1, 0.15) is 67.8 Å². The number of ketones is 2. The van der Waals surface area contributed by atoms with E-state index in [2.05, 4.69) is 5.16 Å². The molecular formula is C25H28N2O5. The smallest absolute Gasteiger partial charge is 0.168 e. The molecule has 0 radical (unpaired) electrons. The molecule has 0 spiro atoms. The number of carbonyl (C=O) groups excluding carboxylic acids is 2. The van der Waals surface area contributed by atoms with Crippen LogP contribution in [-0.4, -0.2) is 34.7 Å². The molecule has 0 aliphatic heterocycles. The fraction of sp³-hybridized carbons (Fsp3) is 0.440. The number of benzene rings is 1. The van der Waals surface area contributed by atoms with Crippen LogP contribution in [0.3, 0.4) is 0 Å². The Morgan fingerprint density at radius 2 is 1.97 bits per heavy atom. The largest absolute Gasteiger partial charge is 0.511 e. The maximum Gasteiger partial charge on any atom is 0.168 e. The zero-order valence-electron chi connectivity index (χ0n) is 18.7. The molecule has 2 aromatic rings. The molecule has 168 valence electrons. The number of hydrogen-bond acceptors (Lipinski definition) is 7. The zero-order chi connectivity index (χ0) is 22.9. The van der Waals surface area contributed by atoms with Gasteiger partial charge in [0.15, 0.2) is 11.6 Å². The number of carbonyl (C=O) groups is 2. The summed E-state index contributed by atoms with van der Waals surface area (Å²) in [7, 11) is 1.56. The van der Waals surface area contributed by atoms with Gasteiger partial charge in [0, 0.05) is 25.7 Å². The summed E-state index contributed by atoms with van der Waals surface area (Å²) in [6.45, 7) is 4.08. The van der Waals surface area contributed by atoms with E-state index in [1.807, 2.05) is 26.0 Å². The van der Waals surface area contributed by atoms with Crippen LogP contribution >= 0.6 is 0 Å². The fourth-order valence-electron chi connectivity index (χ4n) is 4.49. The number of hydrogen-bond donors (Lipinski definition) is 1. The fourth-order valence-corrected chi connectivity index (χ4v) is 4.49. The van der Waals surface area contributed by atoms with Crippen LogP contribution in [0.5, 0.6) is 5.75 Å². The van der Waals surface area contributed by atoms with Crippen LogP contribution in [-0.2, 0) is 17.6 Å². The molecule has 0 saturated heterocycles. The number of rotatable bonds is 6. The number of aromatic nitrogens is 1. The summed E-state index contributed by atoms with van der Waals surface area (Å²) in [5.74, 6) is 1.17. The molecule has 0 unspecified atom stereocenters. The Balaban J connectivity index is 1.69. The summed E-state index contributed by atoms with van der Waals surface area (Å²) in [6, 6.07) is 7.27. The average molecular weight is 437 g/mol. The van der Waals surface area contributed by atoms with Crippen LogP contribution in [0.15, 0.2) is 45.1 Å². The minimum Gasteiger partial charge on any atom is -0.511 e. The third-order valence-corrected chi connectivity index (χ3v) is 6.00. The number of Topliss-reactive ketones (excluding diaryl/α,β-unsaturated/α-hetero) is 2. The molecule has 0 bridgehead atoms. The molecule has 4 rings (SSSR count). The molecule has 1 N–H and O–H groups in total. The van der Waals surface area contributed by atoms with Gasteiger partial charge in [-0.05, 0) is 36.8 Å². The highest BCUT2D eigenvalue weighted by atomic mass is 16.5. The first-order valence-corrected chi connectivity index (χ1v) is 11.0. The topological polar surface area (TPSA) is 102 Å². The van der Waals surface area contributed by atoms with E-state index in [9.17, 15) is 14.7 Å². The van der Waals surface area contributed by atoms with E-state index in [1.165, 1.54) is 0 Å². The molecule has 2 aliphatic carbocycles. The summed E-state index contributed by atoms with van der Waals surface area (Å²) in [5, 5.41) is 14.7. The number of aliphatic hydroxyl groups is 1. The molecule has 0 amide bonds. The van der Waals surface area contributed by atoms with Crippen LogP contribution in [0.4, 0.5) is 5.69 Å². The van der Waals surface area contributed by atoms with Gasteiger partial charge in [0.25, 0.3) is 0 Å². The lowest BCUT2D eigenvalue weighted by Gasteiger charge is -2.26. The van der Waals surface area contributed by atoms with Crippen molar-refractivity contribution in [2.45, 2.75) is 58.8 Å². The second-order valence-electron chi connectivity index (χ2n) is 9.20. The van der Waals surface area contributed by atoms with Gasteiger partial charge < -0.3 is 14.4 Å². The highest BCUT2D eigenvalue weighted by molar-refractivity contribution is 6.23. The van der Waals surface area contributed by atoms with E-state index in [0.717, 1.165) is 0 Å². The number of fused-ring (bicyclic) bond motifs is 1. The number of aliphatic imine (C=N–C) groups is 1. The highest BCUT2D eigenvalue weighted by Crippen LogP contribution is 2.37. The highest BCUT2D eigenvalue weighted by Gasteiger charge is 2.36. The van der Waals surface area contributed by atoms with Crippen LogP contribution in [0.25, 0.3) is 0 Å². The number of aliphatic hydroxyl groups excluding tert-OH is 1. The lowest BCUT2D eigenvalue weighted by Crippen LogP contribution is -2.26. The summed E-state index contributed by atoms with van der Waals surface area (Å²) >= 11 is 0. The lowest BCUT2D eigenvalue weighted by atomic mass is 9.76. The van der Waals surface area contributed by atoms with Crippen molar-refractivity contribution < 1.29 is 24.0 Å². The van der Waals surface area contributed by atoms with E-state index < -0.39 is 0 Å². The SMILES string of the molecule is COc1ccccc1N=C(CCc1noc2c1C(=O)CC(C)(C)C2)C1=C(O)CCCC1=O. The van der Waals surface area contributed by atoms with Crippen molar-refractivity contribution in [3.05, 3.63) is 52.6 Å². The Morgan fingerprint density at radius 1 is 1.19 bits per heavy atom. The van der Waals surface area contributed by atoms with Gasteiger partial charge in [0.1, 0.15) is 23.0 Å². The zero-order valence-corrected chi connectivity index (χ0v) is 18.7. The summed E-state index contributed by atoms with van der Waals surface area (Å²) < 4.78 is 10.9. The van der Waals surface area contributed by atoms with Gasteiger partial charge >= 0.3 is 0 Å². The Hall–Kier alpha value is -3.22. The molecule has 7 heteroatoms. The molecule has 1 aromatic carbocycles. The summed E-state index contributed by atoms with van der Waals surface area (Å²) in [6.07, 6.45) is 3.25. The first kappa shape index (κ1) is 22.0. The number of nitrogens with zero attached hydrogens (tertiary/aromatic N) is 2. The van der Waals surface area contributed by atoms with E-state index in [1.54, 1.807) is 19.2 Å². The standard InChI is InChI=1S/C25H28N2O5/c1-25(2)13-20(30)24-17(27-32-22(24)14-25)12-11-16(23-18(28)8-6-9-19(23)29)26-15-7-4-5-10-21(15)31-3/h4-5,7,10,28H,6,8-9,11-14H2,1-3H3. The normalized spacial score (nSPS) is 18.7.